The summed E-state index contributed by atoms with van der Waals surface area (Å²) in [7, 11) is 0. The Bertz CT molecular complexity index is 272. The molecule has 0 aromatic carbocycles. The highest BCUT2D eigenvalue weighted by Crippen LogP contribution is 1.96. The highest BCUT2D eigenvalue weighted by molar-refractivity contribution is 5.12. The third-order valence-electron chi connectivity index (χ3n) is 3.23. The lowest BCUT2D eigenvalue weighted by atomic mass is 10.1. The van der Waals surface area contributed by atoms with Crippen LogP contribution < -0.4 is 16.4 Å². The molecule has 0 aliphatic heterocycles. The van der Waals surface area contributed by atoms with Crippen molar-refractivity contribution in [3.8, 4) is 0 Å². The van der Waals surface area contributed by atoms with E-state index in [0.717, 1.165) is 26.2 Å². The van der Waals surface area contributed by atoms with Gasteiger partial charge in [-0.15, -0.1) is 0 Å². The zero-order valence-electron chi connectivity index (χ0n) is 15.8. The fraction of sp³-hybridized carbons (Fsp3) is 0.818. The largest absolute Gasteiger partial charge is 0.330 e. The molecular weight excluding hydrogens is 306 g/mol. The number of nitrogens with one attached hydrogen (secondary N) is 2. The molecule has 0 aliphatic carbocycles. The molecule has 0 rings (SSSR count). The van der Waals surface area contributed by atoms with Gasteiger partial charge in [-0.1, -0.05) is 86.6 Å². The van der Waals surface area contributed by atoms with Crippen LogP contribution in [0.5, 0.6) is 0 Å². The molecule has 0 radical (unpaired) electrons. The van der Waals surface area contributed by atoms with Crippen LogP contribution in [-0.4, -0.2) is 32.7 Å². The Morgan fingerprint density at radius 2 is 1.52 bits per heavy atom. The van der Waals surface area contributed by atoms with E-state index in [2.05, 4.69) is 63.5 Å². The number of unbranched alkanes of at least 4 members (excludes halogenated alkanes) is 1. The first-order chi connectivity index (χ1) is 10.6. The summed E-state index contributed by atoms with van der Waals surface area (Å²) in [6.07, 6.45) is 11.5. The van der Waals surface area contributed by atoms with Crippen LogP contribution in [0.2, 0.25) is 0 Å². The molecule has 0 saturated heterocycles. The van der Waals surface area contributed by atoms with E-state index in [4.69, 9.17) is 5.73 Å². The maximum Gasteiger partial charge on any atom is 0.0164 e. The van der Waals surface area contributed by atoms with E-state index >= 15 is 0 Å². The molecule has 0 bridgehead atoms. The first kappa shape index (κ1) is 35.5. The minimum Gasteiger partial charge on any atom is -0.330 e. The first-order valence-corrected chi connectivity index (χ1v) is 9.07. The predicted octanol–water partition coefficient (Wildman–Crippen LogP) is 6.52. The van der Waals surface area contributed by atoms with E-state index < -0.39 is 0 Å². The zero-order chi connectivity index (χ0) is 17.1. The molecule has 25 heavy (non-hydrogen) atoms. The second kappa shape index (κ2) is 31.2. The van der Waals surface area contributed by atoms with Crippen molar-refractivity contribution in [1.29, 1.82) is 0 Å². The molecular formula is C22H59N3. The Labute approximate surface area is 166 Å². The van der Waals surface area contributed by atoms with E-state index in [9.17, 15) is 0 Å². The zero-order valence-corrected chi connectivity index (χ0v) is 15.8. The van der Waals surface area contributed by atoms with Gasteiger partial charge in [-0.3, -0.25) is 0 Å². The summed E-state index contributed by atoms with van der Waals surface area (Å²) >= 11 is 0. The lowest BCUT2D eigenvalue weighted by Gasteiger charge is -2.05. The summed E-state index contributed by atoms with van der Waals surface area (Å²) in [6, 6.07) is 0. The maximum atomic E-state index is 5.55. The quantitative estimate of drug-likeness (QED) is 0.273. The third-order valence-corrected chi connectivity index (χ3v) is 3.23. The van der Waals surface area contributed by atoms with E-state index in [1.54, 1.807) is 0 Å². The average Bonchev–Trinajstić information content (AvgIpc) is 2.54. The standard InChI is InChI=1S/C15H31N3.C4H10.3CH4.3H2/c1-4-9-17-10-6-11-18-13-15(3)8-5-7-14(2)12-16;1-3-4-2;;;;;;/h5,7-8,14,17-18H,4,6,9-13,16H2,1-3H3;3-4H2,1-2H3;3*1H4;3*1H/b7-5-,15-8+;;;;;;;. The predicted molar refractivity (Wildman–Crippen MR) is 129 cm³/mol. The van der Waals surface area contributed by atoms with Gasteiger partial charge < -0.3 is 16.4 Å². The van der Waals surface area contributed by atoms with Crippen LogP contribution >= 0.6 is 0 Å². The van der Waals surface area contributed by atoms with E-state index in [1.165, 1.54) is 31.3 Å². The molecule has 0 spiro atoms. The smallest absolute Gasteiger partial charge is 0.0164 e. The van der Waals surface area contributed by atoms with Crippen molar-refractivity contribution in [3.63, 3.8) is 0 Å². The SMILES string of the molecule is C.C.C.CCCC.CCCNCCCNC/C(C)=C/C=C\C(C)CN.[HH].[HH].[HH]. The van der Waals surface area contributed by atoms with Crippen LogP contribution in [0.1, 0.15) is 86.9 Å². The second-order valence-electron chi connectivity index (χ2n) is 5.89. The minimum absolute atomic E-state index is 0. The number of rotatable bonds is 12. The Morgan fingerprint density at radius 1 is 0.960 bits per heavy atom. The summed E-state index contributed by atoms with van der Waals surface area (Å²) in [6.45, 7) is 15.8. The molecule has 0 aromatic rings. The van der Waals surface area contributed by atoms with Gasteiger partial charge in [-0.2, -0.15) is 0 Å². The molecule has 3 nitrogen and oxygen atoms in total. The highest BCUT2D eigenvalue weighted by atomic mass is 14.9. The molecule has 3 heteroatoms. The summed E-state index contributed by atoms with van der Waals surface area (Å²) in [5.74, 6) is 0.464. The highest BCUT2D eigenvalue weighted by Gasteiger charge is 1.91. The van der Waals surface area contributed by atoms with E-state index in [-0.39, 0.29) is 26.6 Å². The van der Waals surface area contributed by atoms with Crippen LogP contribution in [0, 0.1) is 5.92 Å². The monoisotopic (exact) mass is 365 g/mol. The number of nitrogens with two attached hydrogens (primary N) is 1. The van der Waals surface area contributed by atoms with Crippen molar-refractivity contribution in [2.75, 3.05) is 32.7 Å². The normalized spacial score (nSPS) is 11.5. The van der Waals surface area contributed by atoms with Crippen LogP contribution in [0.25, 0.3) is 0 Å². The van der Waals surface area contributed by atoms with Crippen LogP contribution in [-0.2, 0) is 0 Å². The Balaban J connectivity index is -0.0000000608. The topological polar surface area (TPSA) is 50.1 Å². The fourth-order valence-corrected chi connectivity index (χ4v) is 1.47. The van der Waals surface area contributed by atoms with Gasteiger partial charge in [0.25, 0.3) is 0 Å². The Hall–Kier alpha value is -0.640. The van der Waals surface area contributed by atoms with Crippen molar-refractivity contribution in [1.82, 2.24) is 10.6 Å². The van der Waals surface area contributed by atoms with E-state index in [0.29, 0.717) is 12.5 Å². The first-order valence-electron chi connectivity index (χ1n) is 9.07. The summed E-state index contributed by atoms with van der Waals surface area (Å²) < 4.78 is 0. The average molecular weight is 366 g/mol. The number of allylic oxidation sites excluding steroid dienone is 2. The Morgan fingerprint density at radius 3 is 2.00 bits per heavy atom. The van der Waals surface area contributed by atoms with Gasteiger partial charge >= 0.3 is 0 Å². The third kappa shape index (κ3) is 35.4. The molecule has 162 valence electrons. The van der Waals surface area contributed by atoms with Crippen LogP contribution in [0.4, 0.5) is 0 Å². The maximum absolute atomic E-state index is 5.55. The minimum atomic E-state index is 0. The second-order valence-corrected chi connectivity index (χ2v) is 5.89. The van der Waals surface area contributed by atoms with Gasteiger partial charge in [0.2, 0.25) is 0 Å². The van der Waals surface area contributed by atoms with Crippen molar-refractivity contribution in [2.45, 2.75) is 82.6 Å². The van der Waals surface area contributed by atoms with Crippen molar-refractivity contribution in [3.05, 3.63) is 23.8 Å². The summed E-state index contributed by atoms with van der Waals surface area (Å²) in [4.78, 5) is 0. The molecule has 1 unspecified atom stereocenters. The summed E-state index contributed by atoms with van der Waals surface area (Å²) in [5.41, 5.74) is 6.91. The van der Waals surface area contributed by atoms with Gasteiger partial charge in [0, 0.05) is 10.8 Å². The number of hydrogen-bond acceptors (Lipinski definition) is 3. The summed E-state index contributed by atoms with van der Waals surface area (Å²) in [5, 5.41) is 6.85. The molecule has 1 atom stereocenters. The van der Waals surface area contributed by atoms with Crippen LogP contribution in [0.15, 0.2) is 23.8 Å². The van der Waals surface area contributed by atoms with Gasteiger partial charge in [0.15, 0.2) is 0 Å². The fourth-order valence-electron chi connectivity index (χ4n) is 1.47. The van der Waals surface area contributed by atoms with E-state index in [1.807, 2.05) is 0 Å². The van der Waals surface area contributed by atoms with Crippen molar-refractivity contribution in [2.24, 2.45) is 11.7 Å². The van der Waals surface area contributed by atoms with Gasteiger partial charge in [-0.25, -0.2) is 0 Å². The lowest BCUT2D eigenvalue weighted by molar-refractivity contribution is 0.605. The molecule has 0 aliphatic rings. The lowest BCUT2D eigenvalue weighted by Crippen LogP contribution is -2.23. The van der Waals surface area contributed by atoms with Crippen LogP contribution in [0.3, 0.4) is 0 Å². The molecule has 0 amide bonds. The molecule has 0 heterocycles. The van der Waals surface area contributed by atoms with Crippen molar-refractivity contribution >= 4 is 0 Å². The molecule has 0 aromatic heterocycles. The molecule has 0 saturated carbocycles. The van der Waals surface area contributed by atoms with Gasteiger partial charge in [-0.05, 0) is 51.9 Å². The molecule has 0 fully saturated rings. The van der Waals surface area contributed by atoms with Gasteiger partial charge in [0.1, 0.15) is 0 Å². The Kier molecular flexibility index (Phi) is 44.2. The number of hydrogen-bond donors (Lipinski definition) is 3. The van der Waals surface area contributed by atoms with Gasteiger partial charge in [0.05, 0.1) is 0 Å². The van der Waals surface area contributed by atoms with Crippen molar-refractivity contribution < 1.29 is 4.28 Å². The molecule has 4 N–H and O–H groups in total.